The van der Waals surface area contributed by atoms with E-state index in [-0.39, 0.29) is 11.0 Å². The summed E-state index contributed by atoms with van der Waals surface area (Å²) in [6.45, 7) is 3.08. The Balaban J connectivity index is 2.28. The summed E-state index contributed by atoms with van der Waals surface area (Å²) in [5, 5.41) is 3.97. The molecule has 0 aliphatic carbocycles. The first-order valence-corrected chi connectivity index (χ1v) is 7.21. The molecule has 1 atom stereocenters. The third-order valence-corrected chi connectivity index (χ3v) is 5.14. The first-order chi connectivity index (χ1) is 8.46. The van der Waals surface area contributed by atoms with Crippen molar-refractivity contribution in [3.8, 4) is 0 Å². The van der Waals surface area contributed by atoms with Gasteiger partial charge >= 0.3 is 0 Å². The quantitative estimate of drug-likeness (QED) is 0.769. The maximum absolute atomic E-state index is 12.5. The largest absolute Gasteiger partial charge is 0.374 e. The number of hydrogen-bond acceptors (Lipinski definition) is 5. The van der Waals surface area contributed by atoms with E-state index >= 15 is 0 Å². The number of nitrogens with zero attached hydrogens (tertiary/aromatic N) is 3. The number of rotatable bonds is 3. The van der Waals surface area contributed by atoms with Crippen LogP contribution in [0.4, 0.5) is 0 Å². The summed E-state index contributed by atoms with van der Waals surface area (Å²) in [6.07, 6.45) is 1.16. The van der Waals surface area contributed by atoms with Crippen LogP contribution in [0, 0.1) is 6.92 Å². The number of sulfonamides is 1. The van der Waals surface area contributed by atoms with E-state index in [2.05, 4.69) is 5.10 Å². The highest BCUT2D eigenvalue weighted by atomic mass is 32.2. The molecule has 18 heavy (non-hydrogen) atoms. The molecule has 0 radical (unpaired) electrons. The van der Waals surface area contributed by atoms with Crippen LogP contribution < -0.4 is 5.73 Å². The Morgan fingerprint density at radius 1 is 1.61 bits per heavy atom. The van der Waals surface area contributed by atoms with Crippen molar-refractivity contribution < 1.29 is 13.2 Å². The predicted molar refractivity (Wildman–Crippen MR) is 65.5 cm³/mol. The number of ether oxygens (including phenoxy) is 1. The average molecular weight is 274 g/mol. The molecular weight excluding hydrogens is 256 g/mol. The van der Waals surface area contributed by atoms with Crippen LogP contribution in [0.3, 0.4) is 0 Å². The number of aromatic nitrogens is 2. The van der Waals surface area contributed by atoms with E-state index in [0.29, 0.717) is 31.9 Å². The van der Waals surface area contributed by atoms with Crippen molar-refractivity contribution in [2.75, 3.05) is 26.2 Å². The van der Waals surface area contributed by atoms with Crippen LogP contribution in [0.5, 0.6) is 0 Å². The molecule has 102 valence electrons. The molecule has 1 unspecified atom stereocenters. The molecule has 1 saturated heterocycles. The van der Waals surface area contributed by atoms with Gasteiger partial charge in [-0.05, 0) is 6.92 Å². The summed E-state index contributed by atoms with van der Waals surface area (Å²) >= 11 is 0. The van der Waals surface area contributed by atoms with Gasteiger partial charge in [0, 0.05) is 26.7 Å². The molecule has 0 bridgehead atoms. The van der Waals surface area contributed by atoms with Gasteiger partial charge in [-0.1, -0.05) is 0 Å². The minimum Gasteiger partial charge on any atom is -0.374 e. The molecule has 0 spiro atoms. The van der Waals surface area contributed by atoms with Crippen LogP contribution in [-0.2, 0) is 21.8 Å². The Labute approximate surface area is 107 Å². The molecule has 1 aromatic rings. The van der Waals surface area contributed by atoms with Crippen molar-refractivity contribution in [3.63, 3.8) is 0 Å². The fraction of sp³-hybridized carbons (Fsp3) is 0.700. The lowest BCUT2D eigenvalue weighted by molar-refractivity contribution is 0.00449. The zero-order chi connectivity index (χ0) is 13.3. The Kier molecular flexibility index (Phi) is 3.71. The van der Waals surface area contributed by atoms with Crippen LogP contribution in [0.25, 0.3) is 0 Å². The van der Waals surface area contributed by atoms with Gasteiger partial charge < -0.3 is 10.5 Å². The number of hydrogen-bond donors (Lipinski definition) is 1. The fourth-order valence-corrected chi connectivity index (χ4v) is 3.57. The van der Waals surface area contributed by atoms with Crippen molar-refractivity contribution in [1.82, 2.24) is 14.1 Å². The highest BCUT2D eigenvalue weighted by molar-refractivity contribution is 7.89. The van der Waals surface area contributed by atoms with Crippen molar-refractivity contribution >= 4 is 10.0 Å². The monoisotopic (exact) mass is 274 g/mol. The molecular formula is C10H18N4O3S. The summed E-state index contributed by atoms with van der Waals surface area (Å²) in [4.78, 5) is 0.252. The first-order valence-electron chi connectivity index (χ1n) is 5.77. The molecule has 1 aliphatic heterocycles. The minimum absolute atomic E-state index is 0.231. The summed E-state index contributed by atoms with van der Waals surface area (Å²) in [7, 11) is -1.78. The summed E-state index contributed by atoms with van der Waals surface area (Å²) < 4.78 is 33.3. The smallest absolute Gasteiger partial charge is 0.246 e. The highest BCUT2D eigenvalue weighted by Crippen LogP contribution is 2.20. The molecule has 1 fully saturated rings. The van der Waals surface area contributed by atoms with Gasteiger partial charge in [-0.2, -0.15) is 9.40 Å². The van der Waals surface area contributed by atoms with Crippen molar-refractivity contribution in [2.45, 2.75) is 17.9 Å². The van der Waals surface area contributed by atoms with Gasteiger partial charge in [0.05, 0.1) is 24.6 Å². The molecule has 2 heterocycles. The van der Waals surface area contributed by atoms with E-state index in [1.165, 1.54) is 10.5 Å². The molecule has 0 amide bonds. The van der Waals surface area contributed by atoms with Crippen LogP contribution in [0.2, 0.25) is 0 Å². The second-order valence-corrected chi connectivity index (χ2v) is 6.22. The van der Waals surface area contributed by atoms with Crippen molar-refractivity contribution in [1.29, 1.82) is 0 Å². The van der Waals surface area contributed by atoms with E-state index in [4.69, 9.17) is 10.5 Å². The Bertz CT molecular complexity index is 525. The molecule has 8 heteroatoms. The van der Waals surface area contributed by atoms with Gasteiger partial charge in [0.2, 0.25) is 10.0 Å². The van der Waals surface area contributed by atoms with Gasteiger partial charge in [-0.25, -0.2) is 8.42 Å². The topological polar surface area (TPSA) is 90.4 Å². The van der Waals surface area contributed by atoms with Crippen molar-refractivity contribution in [2.24, 2.45) is 12.8 Å². The van der Waals surface area contributed by atoms with E-state index < -0.39 is 10.0 Å². The number of nitrogens with two attached hydrogens (primary N) is 1. The SMILES string of the molecule is Cc1c(S(=O)(=O)N2CCOC(CN)C2)cnn1C. The number of aryl methyl sites for hydroxylation is 1. The van der Waals surface area contributed by atoms with Gasteiger partial charge in [0.1, 0.15) is 4.90 Å². The third-order valence-electron chi connectivity index (χ3n) is 3.17. The normalized spacial score (nSPS) is 22.3. The van der Waals surface area contributed by atoms with E-state index in [9.17, 15) is 8.42 Å². The molecule has 2 rings (SSSR count). The van der Waals surface area contributed by atoms with E-state index in [1.807, 2.05) is 0 Å². The van der Waals surface area contributed by atoms with Crippen LogP contribution in [0.1, 0.15) is 5.69 Å². The lowest BCUT2D eigenvalue weighted by atomic mass is 10.3. The molecule has 0 saturated carbocycles. The number of morpholine rings is 1. The maximum Gasteiger partial charge on any atom is 0.246 e. The van der Waals surface area contributed by atoms with Crippen molar-refractivity contribution in [3.05, 3.63) is 11.9 Å². The predicted octanol–water partition coefficient (Wildman–Crippen LogP) is -0.923. The maximum atomic E-state index is 12.5. The zero-order valence-corrected chi connectivity index (χ0v) is 11.4. The van der Waals surface area contributed by atoms with E-state index in [1.54, 1.807) is 18.7 Å². The highest BCUT2D eigenvalue weighted by Gasteiger charge is 2.32. The standard InChI is InChI=1S/C10H18N4O3S/c1-8-10(6-12-13(8)2)18(15,16)14-3-4-17-9(5-11)7-14/h6,9H,3-5,7,11H2,1-2H3. The summed E-state index contributed by atoms with van der Waals surface area (Å²) in [6, 6.07) is 0. The average Bonchev–Trinajstić information content (AvgIpc) is 2.70. The van der Waals surface area contributed by atoms with Gasteiger partial charge in [-0.3, -0.25) is 4.68 Å². The zero-order valence-electron chi connectivity index (χ0n) is 10.5. The summed E-state index contributed by atoms with van der Waals surface area (Å²) in [5.74, 6) is 0. The Morgan fingerprint density at radius 2 is 2.33 bits per heavy atom. The van der Waals surface area contributed by atoms with Gasteiger partial charge in [-0.15, -0.1) is 0 Å². The van der Waals surface area contributed by atoms with Crippen LogP contribution in [-0.4, -0.2) is 54.8 Å². The minimum atomic E-state index is -3.50. The van der Waals surface area contributed by atoms with Gasteiger partial charge in [0.25, 0.3) is 0 Å². The summed E-state index contributed by atoms with van der Waals surface area (Å²) in [5.41, 5.74) is 6.15. The molecule has 2 N–H and O–H groups in total. The fourth-order valence-electron chi connectivity index (χ4n) is 1.92. The molecule has 1 aliphatic rings. The molecule has 1 aromatic heterocycles. The van der Waals surface area contributed by atoms with Crippen LogP contribution in [0.15, 0.2) is 11.1 Å². The third kappa shape index (κ3) is 2.28. The van der Waals surface area contributed by atoms with Gasteiger partial charge in [0.15, 0.2) is 0 Å². The second kappa shape index (κ2) is 4.96. The molecule has 7 nitrogen and oxygen atoms in total. The second-order valence-electron chi connectivity index (χ2n) is 4.31. The van der Waals surface area contributed by atoms with E-state index in [0.717, 1.165) is 0 Å². The first kappa shape index (κ1) is 13.5. The molecule has 0 aromatic carbocycles. The Morgan fingerprint density at radius 3 is 2.89 bits per heavy atom. The van der Waals surface area contributed by atoms with Crippen LogP contribution >= 0.6 is 0 Å². The lowest BCUT2D eigenvalue weighted by Gasteiger charge is -2.31. The Hall–Kier alpha value is -0.960. The lowest BCUT2D eigenvalue weighted by Crippen LogP contribution is -2.48.